The van der Waals surface area contributed by atoms with Gasteiger partial charge in [-0.2, -0.15) is 0 Å². The molecule has 6 heteroatoms. The van der Waals surface area contributed by atoms with E-state index in [1.807, 2.05) is 4.90 Å². The fourth-order valence-electron chi connectivity index (χ4n) is 2.13. The van der Waals surface area contributed by atoms with E-state index in [2.05, 4.69) is 4.99 Å². The minimum Gasteiger partial charge on any atom is -0.365 e. The Hall–Kier alpha value is -0.420. The smallest absolute Gasteiger partial charge is 0.186 e. The number of fused-ring (bicyclic) bond motifs is 1. The van der Waals surface area contributed by atoms with Gasteiger partial charge in [-0.3, -0.25) is 4.99 Å². The maximum Gasteiger partial charge on any atom is 0.186 e. The summed E-state index contributed by atoms with van der Waals surface area (Å²) in [4.78, 5) is 6.29. The van der Waals surface area contributed by atoms with E-state index in [9.17, 15) is 5.11 Å². The molecule has 3 rings (SSSR count). The second-order valence-corrected chi connectivity index (χ2v) is 5.92. The van der Waals surface area contributed by atoms with Crippen molar-refractivity contribution in [2.45, 2.75) is 5.72 Å². The van der Waals surface area contributed by atoms with E-state index in [1.165, 1.54) is 0 Å². The predicted octanol–water partition coefficient (Wildman–Crippen LogP) is 2.56. The highest BCUT2D eigenvalue weighted by Gasteiger charge is 2.45. The lowest BCUT2D eigenvalue weighted by molar-refractivity contribution is -0.0500. The van der Waals surface area contributed by atoms with E-state index in [0.29, 0.717) is 16.6 Å². The van der Waals surface area contributed by atoms with Crippen LogP contribution in [-0.4, -0.2) is 34.0 Å². The minimum atomic E-state index is -1.06. The summed E-state index contributed by atoms with van der Waals surface area (Å²) in [5, 5.41) is 12.6. The molecule has 1 saturated heterocycles. The highest BCUT2D eigenvalue weighted by molar-refractivity contribution is 8.14. The number of hydrogen-bond acceptors (Lipinski definition) is 4. The van der Waals surface area contributed by atoms with E-state index < -0.39 is 5.72 Å². The van der Waals surface area contributed by atoms with Crippen LogP contribution in [-0.2, 0) is 5.72 Å². The summed E-state index contributed by atoms with van der Waals surface area (Å²) in [6.07, 6.45) is 0. The average Bonchev–Trinajstić information content (AvgIpc) is 2.88. The van der Waals surface area contributed by atoms with Gasteiger partial charge in [0.05, 0.1) is 16.6 Å². The summed E-state index contributed by atoms with van der Waals surface area (Å²) >= 11 is 13.6. The number of benzene rings is 1. The fourth-order valence-corrected chi connectivity index (χ4v) is 3.44. The summed E-state index contributed by atoms with van der Waals surface area (Å²) in [5.41, 5.74) is -0.319. The van der Waals surface area contributed by atoms with Crippen LogP contribution in [0.2, 0.25) is 10.0 Å². The van der Waals surface area contributed by atoms with Gasteiger partial charge in [-0.15, -0.1) is 0 Å². The molecule has 90 valence electrons. The maximum atomic E-state index is 10.7. The Labute approximate surface area is 113 Å². The van der Waals surface area contributed by atoms with Crippen molar-refractivity contribution in [3.63, 3.8) is 0 Å². The SMILES string of the molecule is O[C@]1(c2ccc(Cl)c(Cl)c2)CN=C2SCCN21. The molecule has 3 nitrogen and oxygen atoms in total. The lowest BCUT2D eigenvalue weighted by Crippen LogP contribution is -2.44. The highest BCUT2D eigenvalue weighted by Crippen LogP contribution is 2.39. The van der Waals surface area contributed by atoms with Crippen molar-refractivity contribution in [3.05, 3.63) is 33.8 Å². The average molecular weight is 289 g/mol. The van der Waals surface area contributed by atoms with Gasteiger partial charge < -0.3 is 10.0 Å². The van der Waals surface area contributed by atoms with E-state index in [0.717, 1.165) is 23.0 Å². The molecule has 2 aliphatic rings. The molecule has 2 heterocycles. The molecule has 1 N–H and O–H groups in total. The highest BCUT2D eigenvalue weighted by atomic mass is 35.5. The molecule has 1 aromatic carbocycles. The van der Waals surface area contributed by atoms with Crippen molar-refractivity contribution in [2.24, 2.45) is 4.99 Å². The second kappa shape index (κ2) is 4.05. The van der Waals surface area contributed by atoms with Gasteiger partial charge in [-0.25, -0.2) is 0 Å². The van der Waals surface area contributed by atoms with Crippen LogP contribution in [0.4, 0.5) is 0 Å². The normalized spacial score (nSPS) is 27.2. The molecule has 0 radical (unpaired) electrons. The largest absolute Gasteiger partial charge is 0.365 e. The van der Waals surface area contributed by atoms with Gasteiger partial charge in [0.15, 0.2) is 10.9 Å². The van der Waals surface area contributed by atoms with Crippen molar-refractivity contribution >= 4 is 40.1 Å². The van der Waals surface area contributed by atoms with Crippen LogP contribution in [0.5, 0.6) is 0 Å². The molecule has 0 bridgehead atoms. The third-order valence-corrected chi connectivity index (χ3v) is 4.77. The zero-order valence-corrected chi connectivity index (χ0v) is 11.2. The number of rotatable bonds is 1. The van der Waals surface area contributed by atoms with Crippen LogP contribution >= 0.6 is 35.0 Å². The van der Waals surface area contributed by atoms with Gasteiger partial charge in [0, 0.05) is 17.9 Å². The number of hydrogen-bond donors (Lipinski definition) is 1. The first-order valence-corrected chi connectivity index (χ1v) is 6.98. The second-order valence-electron chi connectivity index (χ2n) is 4.04. The van der Waals surface area contributed by atoms with Gasteiger partial charge in [-0.05, 0) is 12.1 Å². The number of halogens is 2. The number of amidine groups is 1. The summed E-state index contributed by atoms with van der Waals surface area (Å²) in [6, 6.07) is 5.22. The van der Waals surface area contributed by atoms with Crippen LogP contribution < -0.4 is 0 Å². The van der Waals surface area contributed by atoms with Gasteiger partial charge in [0.25, 0.3) is 0 Å². The lowest BCUT2D eigenvalue weighted by atomic mass is 10.0. The summed E-state index contributed by atoms with van der Waals surface area (Å²) in [7, 11) is 0. The summed E-state index contributed by atoms with van der Waals surface area (Å²) in [5.74, 6) is 0.961. The monoisotopic (exact) mass is 288 g/mol. The first-order chi connectivity index (χ1) is 8.11. The van der Waals surface area contributed by atoms with E-state index in [4.69, 9.17) is 23.2 Å². The van der Waals surface area contributed by atoms with E-state index >= 15 is 0 Å². The minimum absolute atomic E-state index is 0.354. The van der Waals surface area contributed by atoms with Crippen LogP contribution in [0.25, 0.3) is 0 Å². The molecule has 1 atom stereocenters. The van der Waals surface area contributed by atoms with E-state index in [1.54, 1.807) is 30.0 Å². The molecule has 2 aliphatic heterocycles. The van der Waals surface area contributed by atoms with Gasteiger partial charge in [0.1, 0.15) is 0 Å². The number of aliphatic hydroxyl groups is 1. The summed E-state index contributed by atoms with van der Waals surface area (Å²) in [6.45, 7) is 1.16. The Morgan fingerprint density at radius 2 is 2.18 bits per heavy atom. The zero-order valence-electron chi connectivity index (χ0n) is 8.86. The molecule has 1 aromatic rings. The molecular weight excluding hydrogens is 279 g/mol. The fraction of sp³-hybridized carbons (Fsp3) is 0.364. The predicted molar refractivity (Wildman–Crippen MR) is 71.8 cm³/mol. The molecule has 0 saturated carbocycles. The van der Waals surface area contributed by atoms with Gasteiger partial charge >= 0.3 is 0 Å². The zero-order chi connectivity index (χ0) is 12.0. The first-order valence-electron chi connectivity index (χ1n) is 5.24. The quantitative estimate of drug-likeness (QED) is 0.863. The molecule has 0 amide bonds. The molecule has 0 aromatic heterocycles. The molecule has 0 aliphatic carbocycles. The Morgan fingerprint density at radius 1 is 1.35 bits per heavy atom. The topological polar surface area (TPSA) is 35.8 Å². The number of thioether (sulfide) groups is 1. The van der Waals surface area contributed by atoms with Crippen molar-refractivity contribution in [1.29, 1.82) is 0 Å². The van der Waals surface area contributed by atoms with E-state index in [-0.39, 0.29) is 0 Å². The Bertz CT molecular complexity index is 508. The van der Waals surface area contributed by atoms with Gasteiger partial charge in [0.2, 0.25) is 0 Å². The van der Waals surface area contributed by atoms with Crippen LogP contribution in [0, 0.1) is 0 Å². The molecule has 1 fully saturated rings. The Morgan fingerprint density at radius 3 is 2.94 bits per heavy atom. The third kappa shape index (κ3) is 1.74. The molecular formula is C11H10Cl2N2OS. The van der Waals surface area contributed by atoms with Crippen molar-refractivity contribution in [2.75, 3.05) is 18.8 Å². The molecule has 17 heavy (non-hydrogen) atoms. The summed E-state index contributed by atoms with van der Waals surface area (Å²) < 4.78 is 0. The van der Waals surface area contributed by atoms with Crippen molar-refractivity contribution in [3.8, 4) is 0 Å². The first kappa shape index (κ1) is 11.7. The Kier molecular flexibility index (Phi) is 2.78. The van der Waals surface area contributed by atoms with Crippen LogP contribution in [0.15, 0.2) is 23.2 Å². The van der Waals surface area contributed by atoms with Crippen LogP contribution in [0.1, 0.15) is 5.56 Å². The lowest BCUT2D eigenvalue weighted by Gasteiger charge is -2.32. The maximum absolute atomic E-state index is 10.7. The Balaban J connectivity index is 2.01. The van der Waals surface area contributed by atoms with Crippen molar-refractivity contribution in [1.82, 2.24) is 4.90 Å². The third-order valence-electron chi connectivity index (χ3n) is 3.04. The molecule has 0 spiro atoms. The number of aliphatic imine (C=N–C) groups is 1. The number of nitrogens with zero attached hydrogens (tertiary/aromatic N) is 2. The van der Waals surface area contributed by atoms with Gasteiger partial charge in [-0.1, -0.05) is 41.0 Å². The van der Waals surface area contributed by atoms with Crippen LogP contribution in [0.3, 0.4) is 0 Å². The van der Waals surface area contributed by atoms with Crippen molar-refractivity contribution < 1.29 is 5.11 Å². The standard InChI is InChI=1S/C11H10Cl2N2OS/c12-8-2-1-7(5-9(8)13)11(16)6-14-10-15(11)3-4-17-10/h1-2,5,16H,3-4,6H2/t11-/m0/s1. The molecule has 0 unspecified atom stereocenters.